The summed E-state index contributed by atoms with van der Waals surface area (Å²) in [4.78, 5) is 11.1. The molecule has 0 aromatic carbocycles. The first-order valence-corrected chi connectivity index (χ1v) is 8.50. The smallest absolute Gasteiger partial charge is 0.194 e. The Balaban J connectivity index is 1.61. The van der Waals surface area contributed by atoms with Crippen molar-refractivity contribution >= 4 is 17.3 Å². The van der Waals surface area contributed by atoms with E-state index >= 15 is 0 Å². The molecule has 0 aliphatic carbocycles. The third-order valence-corrected chi connectivity index (χ3v) is 4.71. The molecule has 2 aromatic rings. The number of hydrogen-bond donors (Lipinski definition) is 1. The average molecular weight is 334 g/mol. The van der Waals surface area contributed by atoms with Crippen molar-refractivity contribution in [2.45, 2.75) is 19.6 Å². The molecular formula is C15H22N6OS. The van der Waals surface area contributed by atoms with Crippen LogP contribution in [0.5, 0.6) is 0 Å². The molecular weight excluding hydrogens is 312 g/mol. The topological polar surface area (TPSA) is 67.6 Å². The number of ether oxygens (including phenoxy) is 1. The van der Waals surface area contributed by atoms with Crippen LogP contribution < -0.4 is 5.32 Å². The molecule has 1 fully saturated rings. The van der Waals surface area contributed by atoms with Gasteiger partial charge in [-0.05, 0) is 6.92 Å². The summed E-state index contributed by atoms with van der Waals surface area (Å²) in [6.45, 7) is 4.97. The van der Waals surface area contributed by atoms with E-state index in [0.717, 1.165) is 35.3 Å². The summed E-state index contributed by atoms with van der Waals surface area (Å²) in [7, 11) is 3.73. The molecule has 1 atom stereocenters. The fraction of sp³-hybridized carbons (Fsp3) is 0.533. The molecule has 0 spiro atoms. The molecule has 1 aliphatic heterocycles. The Bertz CT molecular complexity index is 679. The SMILES string of the molecule is CN=C(NCc1nc(C)cs1)N1CCOC(c2cnn(C)c2)C1. The van der Waals surface area contributed by atoms with Gasteiger partial charge in [-0.1, -0.05) is 0 Å². The van der Waals surface area contributed by atoms with E-state index in [1.54, 1.807) is 16.0 Å². The number of aryl methyl sites for hydroxylation is 2. The van der Waals surface area contributed by atoms with Crippen molar-refractivity contribution in [2.24, 2.45) is 12.0 Å². The van der Waals surface area contributed by atoms with Crippen LogP contribution >= 0.6 is 11.3 Å². The Morgan fingerprint density at radius 3 is 3.09 bits per heavy atom. The Morgan fingerprint density at radius 1 is 1.57 bits per heavy atom. The van der Waals surface area contributed by atoms with Crippen molar-refractivity contribution in [3.8, 4) is 0 Å². The van der Waals surface area contributed by atoms with Crippen molar-refractivity contribution in [1.29, 1.82) is 0 Å². The van der Waals surface area contributed by atoms with Gasteiger partial charge in [0.15, 0.2) is 5.96 Å². The minimum atomic E-state index is 0.0260. The van der Waals surface area contributed by atoms with Crippen molar-refractivity contribution in [1.82, 2.24) is 25.0 Å². The quantitative estimate of drug-likeness (QED) is 0.678. The maximum atomic E-state index is 5.88. The molecule has 1 unspecified atom stereocenters. The highest BCUT2D eigenvalue weighted by molar-refractivity contribution is 7.09. The molecule has 124 valence electrons. The second-order valence-electron chi connectivity index (χ2n) is 5.54. The van der Waals surface area contributed by atoms with Gasteiger partial charge in [-0.25, -0.2) is 4.98 Å². The molecule has 1 N–H and O–H groups in total. The predicted octanol–water partition coefficient (Wildman–Crippen LogP) is 1.33. The molecule has 8 heteroatoms. The van der Waals surface area contributed by atoms with Crippen LogP contribution in [-0.4, -0.2) is 52.4 Å². The maximum Gasteiger partial charge on any atom is 0.194 e. The Morgan fingerprint density at radius 2 is 2.43 bits per heavy atom. The minimum Gasteiger partial charge on any atom is -0.370 e. The second kappa shape index (κ2) is 7.10. The number of aromatic nitrogens is 3. The molecule has 0 saturated carbocycles. The second-order valence-corrected chi connectivity index (χ2v) is 6.48. The Hall–Kier alpha value is -1.93. The zero-order valence-electron chi connectivity index (χ0n) is 13.7. The predicted molar refractivity (Wildman–Crippen MR) is 90.5 cm³/mol. The molecule has 0 amide bonds. The van der Waals surface area contributed by atoms with E-state index in [9.17, 15) is 0 Å². The molecule has 23 heavy (non-hydrogen) atoms. The van der Waals surface area contributed by atoms with Gasteiger partial charge in [-0.2, -0.15) is 5.10 Å². The van der Waals surface area contributed by atoms with Crippen molar-refractivity contribution < 1.29 is 4.74 Å². The fourth-order valence-corrected chi connectivity index (χ4v) is 3.33. The van der Waals surface area contributed by atoms with Gasteiger partial charge in [0.2, 0.25) is 0 Å². The lowest BCUT2D eigenvalue weighted by Gasteiger charge is -2.34. The molecule has 1 aliphatic rings. The van der Waals surface area contributed by atoms with Gasteiger partial charge in [0, 0.05) is 43.5 Å². The van der Waals surface area contributed by atoms with Crippen LogP contribution in [0.4, 0.5) is 0 Å². The largest absolute Gasteiger partial charge is 0.370 e. The van der Waals surface area contributed by atoms with Crippen molar-refractivity contribution in [2.75, 3.05) is 26.7 Å². The Labute approximate surface area is 140 Å². The zero-order chi connectivity index (χ0) is 16.2. The molecule has 0 bridgehead atoms. The van der Waals surface area contributed by atoms with Gasteiger partial charge in [-0.3, -0.25) is 9.67 Å². The molecule has 1 saturated heterocycles. The summed E-state index contributed by atoms with van der Waals surface area (Å²) in [5.74, 6) is 0.884. The third kappa shape index (κ3) is 3.89. The van der Waals surface area contributed by atoms with Gasteiger partial charge in [0.1, 0.15) is 11.1 Å². The number of aliphatic imine (C=N–C) groups is 1. The van der Waals surface area contributed by atoms with Gasteiger partial charge in [0.25, 0.3) is 0 Å². The van der Waals surface area contributed by atoms with Crippen molar-refractivity contribution in [3.05, 3.63) is 34.0 Å². The summed E-state index contributed by atoms with van der Waals surface area (Å²) in [5.41, 5.74) is 2.16. The molecule has 3 heterocycles. The highest BCUT2D eigenvalue weighted by atomic mass is 32.1. The molecule has 2 aromatic heterocycles. The number of thiazole rings is 1. The van der Waals surface area contributed by atoms with Gasteiger partial charge in [-0.15, -0.1) is 11.3 Å². The minimum absolute atomic E-state index is 0.0260. The van der Waals surface area contributed by atoms with Crippen LogP contribution in [0.2, 0.25) is 0 Å². The van der Waals surface area contributed by atoms with E-state index in [1.807, 2.05) is 33.4 Å². The lowest BCUT2D eigenvalue weighted by atomic mass is 10.1. The van der Waals surface area contributed by atoms with E-state index in [2.05, 4.69) is 30.7 Å². The summed E-state index contributed by atoms with van der Waals surface area (Å²) in [6.07, 6.45) is 3.89. The average Bonchev–Trinajstić information content (AvgIpc) is 3.17. The van der Waals surface area contributed by atoms with Crippen LogP contribution in [0.1, 0.15) is 22.4 Å². The zero-order valence-corrected chi connectivity index (χ0v) is 14.5. The first-order valence-electron chi connectivity index (χ1n) is 7.62. The fourth-order valence-electron chi connectivity index (χ4n) is 2.62. The van der Waals surface area contributed by atoms with Crippen molar-refractivity contribution in [3.63, 3.8) is 0 Å². The lowest BCUT2D eigenvalue weighted by molar-refractivity contribution is -0.00805. The first-order chi connectivity index (χ1) is 11.2. The van der Waals surface area contributed by atoms with Gasteiger partial charge < -0.3 is 15.0 Å². The van der Waals surface area contributed by atoms with E-state index in [4.69, 9.17) is 4.74 Å². The number of guanidine groups is 1. The standard InChI is InChI=1S/C15H22N6OS/c1-11-10-23-14(19-11)7-17-15(16-2)21-4-5-22-13(9-21)12-6-18-20(3)8-12/h6,8,10,13H,4-5,7,9H2,1-3H3,(H,16,17). The highest BCUT2D eigenvalue weighted by Gasteiger charge is 2.25. The van der Waals surface area contributed by atoms with E-state index in [1.165, 1.54) is 0 Å². The number of hydrogen-bond acceptors (Lipinski definition) is 5. The first kappa shape index (κ1) is 15.9. The number of morpholine rings is 1. The third-order valence-electron chi connectivity index (χ3n) is 3.74. The maximum absolute atomic E-state index is 5.88. The van der Waals surface area contributed by atoms with Crippen LogP contribution in [0.25, 0.3) is 0 Å². The molecule has 3 rings (SSSR count). The van der Waals surface area contributed by atoms with Gasteiger partial charge in [0.05, 0.1) is 25.9 Å². The van der Waals surface area contributed by atoms with E-state index in [-0.39, 0.29) is 6.10 Å². The summed E-state index contributed by atoms with van der Waals surface area (Å²) in [6, 6.07) is 0. The number of nitrogens with one attached hydrogen (secondary N) is 1. The summed E-state index contributed by atoms with van der Waals surface area (Å²) < 4.78 is 7.68. The van der Waals surface area contributed by atoms with Crippen LogP contribution in [0.3, 0.4) is 0 Å². The highest BCUT2D eigenvalue weighted by Crippen LogP contribution is 2.21. The van der Waals surface area contributed by atoms with Crippen LogP contribution in [0, 0.1) is 6.92 Å². The monoisotopic (exact) mass is 334 g/mol. The summed E-state index contributed by atoms with van der Waals surface area (Å²) >= 11 is 1.67. The molecule has 0 radical (unpaired) electrons. The van der Waals surface area contributed by atoms with Crippen LogP contribution in [0.15, 0.2) is 22.8 Å². The normalized spacial score (nSPS) is 19.2. The lowest BCUT2D eigenvalue weighted by Crippen LogP contribution is -2.47. The van der Waals surface area contributed by atoms with E-state index < -0.39 is 0 Å². The number of nitrogens with zero attached hydrogens (tertiary/aromatic N) is 5. The Kier molecular flexibility index (Phi) is 4.92. The van der Waals surface area contributed by atoms with Crippen LogP contribution in [-0.2, 0) is 18.3 Å². The van der Waals surface area contributed by atoms with Gasteiger partial charge >= 0.3 is 0 Å². The summed E-state index contributed by atoms with van der Waals surface area (Å²) in [5, 5.41) is 10.8. The number of rotatable bonds is 3. The molecule has 7 nitrogen and oxygen atoms in total. The van der Waals surface area contributed by atoms with E-state index in [0.29, 0.717) is 13.2 Å².